The number of nitrogens with one attached hydrogen (secondary N) is 1. The topological polar surface area (TPSA) is 49.4 Å². The summed E-state index contributed by atoms with van der Waals surface area (Å²) in [5.41, 5.74) is 3.41. The van der Waals surface area contributed by atoms with Crippen LogP contribution in [0.5, 0.6) is 0 Å². The minimum atomic E-state index is 0.0301. The van der Waals surface area contributed by atoms with Gasteiger partial charge in [0.05, 0.1) is 5.69 Å². The van der Waals surface area contributed by atoms with Crippen LogP contribution in [0.2, 0.25) is 0 Å². The van der Waals surface area contributed by atoms with Crippen LogP contribution < -0.4 is 10.2 Å². The molecule has 0 spiro atoms. The predicted octanol–water partition coefficient (Wildman–Crippen LogP) is 3.86. The Balaban J connectivity index is 2.04. The van der Waals surface area contributed by atoms with Gasteiger partial charge >= 0.3 is 0 Å². The lowest BCUT2D eigenvalue weighted by Gasteiger charge is -2.27. The van der Waals surface area contributed by atoms with Crippen LogP contribution in [0.1, 0.15) is 64.0 Å². The summed E-state index contributed by atoms with van der Waals surface area (Å²) < 4.78 is 0. The van der Waals surface area contributed by atoms with Gasteiger partial charge in [0, 0.05) is 25.9 Å². The fourth-order valence-corrected chi connectivity index (χ4v) is 3.79. The highest BCUT2D eigenvalue weighted by Crippen LogP contribution is 2.27. The minimum Gasteiger partial charge on any atom is -0.354 e. The fourth-order valence-electron chi connectivity index (χ4n) is 3.79. The van der Waals surface area contributed by atoms with Gasteiger partial charge in [-0.1, -0.05) is 51.3 Å². The summed E-state index contributed by atoms with van der Waals surface area (Å²) in [5, 5.41) is 3.05. The number of para-hydroxylation sites is 1. The summed E-state index contributed by atoms with van der Waals surface area (Å²) in [7, 11) is 0. The number of benzene rings is 1. The second-order valence-corrected chi connectivity index (χ2v) is 6.93. The van der Waals surface area contributed by atoms with E-state index >= 15 is 0 Å². The monoisotopic (exact) mass is 344 g/mol. The molecular weight excluding hydrogens is 312 g/mol. The zero-order chi connectivity index (χ0) is 18.2. The second kappa shape index (κ2) is 9.59. The maximum Gasteiger partial charge on any atom is 0.223 e. The lowest BCUT2D eigenvalue weighted by molar-refractivity contribution is -0.126. The lowest BCUT2D eigenvalue weighted by atomic mass is 9.89. The summed E-state index contributed by atoms with van der Waals surface area (Å²) >= 11 is 0. The van der Waals surface area contributed by atoms with Crippen LogP contribution in [0, 0.1) is 5.92 Å². The molecule has 0 unspecified atom stereocenters. The molecule has 0 aliphatic heterocycles. The van der Waals surface area contributed by atoms with Crippen molar-refractivity contribution in [3.05, 3.63) is 29.3 Å². The highest BCUT2D eigenvalue weighted by atomic mass is 16.2. The van der Waals surface area contributed by atoms with Crippen molar-refractivity contribution >= 4 is 17.5 Å². The number of hydrogen-bond acceptors (Lipinski definition) is 2. The average molecular weight is 344 g/mol. The van der Waals surface area contributed by atoms with Gasteiger partial charge in [0.1, 0.15) is 0 Å². The number of anilines is 1. The molecule has 1 aromatic rings. The number of aryl methyl sites for hydroxylation is 2. The SMILES string of the molecule is CCc1cccc(CC)c1N(CCNC(=O)C1CCCCC1)C(C)=O. The van der Waals surface area contributed by atoms with Crippen molar-refractivity contribution < 1.29 is 9.59 Å². The molecule has 1 saturated carbocycles. The van der Waals surface area contributed by atoms with Gasteiger partial charge in [-0.05, 0) is 36.8 Å². The molecular formula is C21H32N2O2. The lowest BCUT2D eigenvalue weighted by Crippen LogP contribution is -2.40. The van der Waals surface area contributed by atoms with Gasteiger partial charge in [-0.15, -0.1) is 0 Å². The van der Waals surface area contributed by atoms with Crippen molar-refractivity contribution in [1.29, 1.82) is 0 Å². The first-order valence-electron chi connectivity index (χ1n) is 9.75. The Morgan fingerprint density at radius 3 is 2.20 bits per heavy atom. The number of rotatable bonds is 7. The minimum absolute atomic E-state index is 0.0301. The van der Waals surface area contributed by atoms with E-state index in [9.17, 15) is 9.59 Å². The number of carbonyl (C=O) groups is 2. The standard InChI is InChI=1S/C21H32N2O2/c1-4-17-12-9-13-18(5-2)20(17)23(16(3)24)15-14-22-21(25)19-10-7-6-8-11-19/h9,12-13,19H,4-8,10-11,14-15H2,1-3H3,(H,22,25). The quantitative estimate of drug-likeness (QED) is 0.816. The molecule has 0 aromatic heterocycles. The second-order valence-electron chi connectivity index (χ2n) is 6.93. The van der Waals surface area contributed by atoms with E-state index in [1.807, 2.05) is 4.90 Å². The van der Waals surface area contributed by atoms with Gasteiger partial charge in [0.2, 0.25) is 11.8 Å². The maximum absolute atomic E-state index is 12.3. The van der Waals surface area contributed by atoms with Gasteiger partial charge in [0.25, 0.3) is 0 Å². The first-order valence-corrected chi connectivity index (χ1v) is 9.75. The number of carbonyl (C=O) groups excluding carboxylic acids is 2. The fraction of sp³-hybridized carbons (Fsp3) is 0.619. The van der Waals surface area contributed by atoms with Crippen molar-refractivity contribution in [3.63, 3.8) is 0 Å². The molecule has 2 amide bonds. The van der Waals surface area contributed by atoms with E-state index in [0.29, 0.717) is 13.1 Å². The summed E-state index contributed by atoms with van der Waals surface area (Å²) in [4.78, 5) is 26.4. The van der Waals surface area contributed by atoms with E-state index in [1.165, 1.54) is 17.5 Å². The van der Waals surface area contributed by atoms with E-state index in [1.54, 1.807) is 6.92 Å². The Labute approximate surface area is 152 Å². The molecule has 25 heavy (non-hydrogen) atoms. The third kappa shape index (κ3) is 5.07. The van der Waals surface area contributed by atoms with Crippen LogP contribution in [0.3, 0.4) is 0 Å². The molecule has 1 aliphatic rings. The third-order valence-corrected chi connectivity index (χ3v) is 5.23. The molecule has 0 bridgehead atoms. The summed E-state index contributed by atoms with van der Waals surface area (Å²) in [6.07, 6.45) is 7.34. The zero-order valence-corrected chi connectivity index (χ0v) is 15.9. The maximum atomic E-state index is 12.3. The molecule has 0 radical (unpaired) electrons. The van der Waals surface area contributed by atoms with Crippen LogP contribution in [-0.4, -0.2) is 24.9 Å². The highest BCUT2D eigenvalue weighted by molar-refractivity contribution is 5.93. The first kappa shape index (κ1) is 19.5. The smallest absolute Gasteiger partial charge is 0.223 e. The molecule has 4 heteroatoms. The number of amides is 2. The molecule has 4 nitrogen and oxygen atoms in total. The molecule has 0 heterocycles. The van der Waals surface area contributed by atoms with Crippen LogP contribution in [0.15, 0.2) is 18.2 Å². The van der Waals surface area contributed by atoms with Gasteiger partial charge in [-0.3, -0.25) is 9.59 Å². The highest BCUT2D eigenvalue weighted by Gasteiger charge is 2.22. The summed E-state index contributed by atoms with van der Waals surface area (Å²) in [5.74, 6) is 0.346. The van der Waals surface area contributed by atoms with Gasteiger partial charge in [-0.25, -0.2) is 0 Å². The van der Waals surface area contributed by atoms with Crippen molar-refractivity contribution in [2.24, 2.45) is 5.92 Å². The van der Waals surface area contributed by atoms with Crippen molar-refractivity contribution in [1.82, 2.24) is 5.32 Å². The summed E-state index contributed by atoms with van der Waals surface area (Å²) in [6, 6.07) is 6.24. The normalized spacial score (nSPS) is 15.0. The van der Waals surface area contributed by atoms with E-state index in [2.05, 4.69) is 37.4 Å². The predicted molar refractivity (Wildman–Crippen MR) is 103 cm³/mol. The van der Waals surface area contributed by atoms with E-state index in [0.717, 1.165) is 44.2 Å². The van der Waals surface area contributed by atoms with Crippen molar-refractivity contribution in [3.8, 4) is 0 Å². The van der Waals surface area contributed by atoms with Crippen molar-refractivity contribution in [2.75, 3.05) is 18.0 Å². The molecule has 0 saturated heterocycles. The van der Waals surface area contributed by atoms with E-state index in [4.69, 9.17) is 0 Å². The molecule has 1 fully saturated rings. The van der Waals surface area contributed by atoms with Gasteiger partial charge in [0.15, 0.2) is 0 Å². The molecule has 1 N–H and O–H groups in total. The molecule has 1 aromatic carbocycles. The number of hydrogen-bond donors (Lipinski definition) is 1. The molecule has 2 rings (SSSR count). The Morgan fingerprint density at radius 1 is 1.08 bits per heavy atom. The van der Waals surface area contributed by atoms with Gasteiger partial charge < -0.3 is 10.2 Å². The van der Waals surface area contributed by atoms with Crippen LogP contribution >= 0.6 is 0 Å². The van der Waals surface area contributed by atoms with E-state index in [-0.39, 0.29) is 17.7 Å². The Morgan fingerprint density at radius 2 is 1.68 bits per heavy atom. The Hall–Kier alpha value is -1.84. The van der Waals surface area contributed by atoms with Crippen LogP contribution in [-0.2, 0) is 22.4 Å². The molecule has 1 aliphatic carbocycles. The third-order valence-electron chi connectivity index (χ3n) is 5.23. The average Bonchev–Trinajstić information content (AvgIpc) is 2.65. The summed E-state index contributed by atoms with van der Waals surface area (Å²) in [6.45, 7) is 6.87. The number of nitrogens with zero attached hydrogens (tertiary/aromatic N) is 1. The van der Waals surface area contributed by atoms with Gasteiger partial charge in [-0.2, -0.15) is 0 Å². The first-order chi connectivity index (χ1) is 12.1. The van der Waals surface area contributed by atoms with Crippen LogP contribution in [0.4, 0.5) is 5.69 Å². The van der Waals surface area contributed by atoms with E-state index < -0.39 is 0 Å². The van der Waals surface area contributed by atoms with Crippen LogP contribution in [0.25, 0.3) is 0 Å². The largest absolute Gasteiger partial charge is 0.354 e. The Bertz CT molecular complexity index is 569. The zero-order valence-electron chi connectivity index (χ0n) is 15.9. The van der Waals surface area contributed by atoms with Crippen molar-refractivity contribution in [2.45, 2.75) is 65.7 Å². The molecule has 138 valence electrons. The Kier molecular flexibility index (Phi) is 7.48. The molecule has 0 atom stereocenters.